The van der Waals surface area contributed by atoms with Crippen molar-refractivity contribution in [1.29, 1.82) is 0 Å². The Morgan fingerprint density at radius 1 is 1.36 bits per heavy atom. The molecule has 0 aliphatic rings. The molecule has 7 heteroatoms. The molecule has 1 N–H and O–H groups in total. The molecule has 0 unspecified atom stereocenters. The van der Waals surface area contributed by atoms with Crippen LogP contribution in [0, 0.1) is 13.8 Å². The number of rotatable bonds is 3. The zero-order valence-corrected chi connectivity index (χ0v) is 15.4. The summed E-state index contributed by atoms with van der Waals surface area (Å²) in [5.74, 6) is -0.221. The van der Waals surface area contributed by atoms with E-state index in [0.29, 0.717) is 25.7 Å². The molecule has 0 radical (unpaired) electrons. The minimum absolute atomic E-state index is 0.262. The van der Waals surface area contributed by atoms with Crippen LogP contribution in [0.25, 0.3) is 21.3 Å². The summed E-state index contributed by atoms with van der Waals surface area (Å²) < 4.78 is 4.75. The van der Waals surface area contributed by atoms with Crippen molar-refractivity contribution in [3.8, 4) is 0 Å². The number of fused-ring (bicyclic) bond motifs is 1. The number of aromatic amines is 1. The van der Waals surface area contributed by atoms with Crippen molar-refractivity contribution in [1.82, 2.24) is 9.97 Å². The summed E-state index contributed by atoms with van der Waals surface area (Å²) in [6, 6.07) is 7.80. The number of aryl methyl sites for hydroxylation is 2. The third kappa shape index (κ3) is 3.36. The summed E-state index contributed by atoms with van der Waals surface area (Å²) in [6.45, 7) is 3.69. The molecule has 0 aliphatic carbocycles. The largest absolute Gasteiger partial charge is 0.465 e. The number of halogens is 1. The zero-order chi connectivity index (χ0) is 18.1. The Morgan fingerprint density at radius 2 is 2.12 bits per heavy atom. The number of carbonyl (C=O) groups is 1. The number of ether oxygens (including phenoxy) is 1. The molecule has 25 heavy (non-hydrogen) atoms. The van der Waals surface area contributed by atoms with E-state index in [1.807, 2.05) is 31.2 Å². The number of thiophene rings is 1. The van der Waals surface area contributed by atoms with Crippen LogP contribution in [0.5, 0.6) is 0 Å². The third-order valence-electron chi connectivity index (χ3n) is 3.73. The molecule has 2 aromatic heterocycles. The molecule has 0 spiro atoms. The number of esters is 1. The van der Waals surface area contributed by atoms with Gasteiger partial charge in [0.25, 0.3) is 5.56 Å². The fraction of sp³-hybridized carbons (Fsp3) is 0.167. The molecule has 5 nitrogen and oxygen atoms in total. The van der Waals surface area contributed by atoms with E-state index in [1.165, 1.54) is 7.11 Å². The fourth-order valence-electron chi connectivity index (χ4n) is 2.52. The van der Waals surface area contributed by atoms with Gasteiger partial charge in [0.2, 0.25) is 0 Å². The van der Waals surface area contributed by atoms with Gasteiger partial charge in [0.1, 0.15) is 9.71 Å². The van der Waals surface area contributed by atoms with Crippen molar-refractivity contribution in [2.45, 2.75) is 13.8 Å². The first-order valence-corrected chi connectivity index (χ1v) is 8.66. The van der Waals surface area contributed by atoms with Crippen molar-refractivity contribution in [3.05, 3.63) is 62.0 Å². The Morgan fingerprint density at radius 3 is 2.80 bits per heavy atom. The molecular weight excluding hydrogens is 360 g/mol. The number of methoxy groups -OCH3 is 1. The van der Waals surface area contributed by atoms with Crippen molar-refractivity contribution in [2.75, 3.05) is 7.11 Å². The van der Waals surface area contributed by atoms with Gasteiger partial charge in [-0.25, -0.2) is 9.78 Å². The minimum Gasteiger partial charge on any atom is -0.465 e. The molecule has 3 rings (SSSR count). The summed E-state index contributed by atoms with van der Waals surface area (Å²) in [4.78, 5) is 32.2. The first-order valence-electron chi connectivity index (χ1n) is 7.46. The monoisotopic (exact) mass is 374 g/mol. The van der Waals surface area contributed by atoms with Crippen molar-refractivity contribution in [3.63, 3.8) is 0 Å². The van der Waals surface area contributed by atoms with Crippen LogP contribution in [-0.4, -0.2) is 23.0 Å². The second-order valence-electron chi connectivity index (χ2n) is 5.55. The number of H-pyrrole nitrogens is 1. The van der Waals surface area contributed by atoms with Crippen molar-refractivity contribution in [2.24, 2.45) is 0 Å². The maximum Gasteiger partial charge on any atom is 0.348 e. The van der Waals surface area contributed by atoms with Crippen LogP contribution in [0.3, 0.4) is 0 Å². The Bertz CT molecular complexity index is 1070. The lowest BCUT2D eigenvalue weighted by Crippen LogP contribution is -2.10. The summed E-state index contributed by atoms with van der Waals surface area (Å²) >= 11 is 7.46. The first kappa shape index (κ1) is 17.4. The Labute approximate surface area is 152 Å². The molecule has 1 aromatic carbocycles. The predicted octanol–water partition coefficient (Wildman–Crippen LogP) is 4.12. The van der Waals surface area contributed by atoms with Crippen LogP contribution in [0.1, 0.15) is 32.2 Å². The highest BCUT2D eigenvalue weighted by Gasteiger charge is 2.20. The number of benzene rings is 1. The molecule has 0 saturated carbocycles. The fourth-order valence-corrected chi connectivity index (χ4v) is 3.83. The van der Waals surface area contributed by atoms with Gasteiger partial charge in [-0.05, 0) is 31.1 Å². The highest BCUT2D eigenvalue weighted by atomic mass is 35.5. The SMILES string of the molecule is COC(=O)c1sc2nc(/C(Cl)=C/c3cccc(C)c3)[nH]c(=O)c2c1C. The van der Waals surface area contributed by atoms with E-state index in [9.17, 15) is 9.59 Å². The zero-order valence-electron chi connectivity index (χ0n) is 13.8. The smallest absolute Gasteiger partial charge is 0.348 e. The van der Waals surface area contributed by atoms with Gasteiger partial charge < -0.3 is 9.72 Å². The van der Waals surface area contributed by atoms with E-state index in [1.54, 1.807) is 13.0 Å². The van der Waals surface area contributed by atoms with Gasteiger partial charge in [-0.3, -0.25) is 4.79 Å². The minimum atomic E-state index is -0.483. The summed E-state index contributed by atoms with van der Waals surface area (Å²) in [6.07, 6.45) is 1.74. The maximum absolute atomic E-state index is 12.4. The third-order valence-corrected chi connectivity index (χ3v) is 5.19. The molecule has 0 amide bonds. The van der Waals surface area contributed by atoms with E-state index in [4.69, 9.17) is 16.3 Å². The van der Waals surface area contributed by atoms with Gasteiger partial charge in [0.15, 0.2) is 5.82 Å². The van der Waals surface area contributed by atoms with Gasteiger partial charge in [0.05, 0.1) is 17.5 Å². The van der Waals surface area contributed by atoms with Crippen LogP contribution < -0.4 is 5.56 Å². The second kappa shape index (κ2) is 6.82. The van der Waals surface area contributed by atoms with Crippen LogP contribution in [-0.2, 0) is 4.74 Å². The van der Waals surface area contributed by atoms with Crippen molar-refractivity contribution >= 4 is 50.2 Å². The highest BCUT2D eigenvalue weighted by molar-refractivity contribution is 7.20. The molecular formula is C18H15ClN2O3S. The first-order chi connectivity index (χ1) is 11.9. The standard InChI is InChI=1S/C18H15ClN2O3S/c1-9-5-4-6-11(7-9)8-12(19)15-20-16(22)13-10(2)14(18(23)24-3)25-17(13)21-15/h4-8H,1-3H3,(H,20,21,22)/b12-8-. The molecule has 0 aliphatic heterocycles. The maximum atomic E-state index is 12.4. The van der Waals surface area contributed by atoms with Crippen LogP contribution in [0.4, 0.5) is 0 Å². The Balaban J connectivity index is 2.12. The molecule has 2 heterocycles. The number of hydrogen-bond donors (Lipinski definition) is 1. The quantitative estimate of drug-likeness (QED) is 0.700. The van der Waals surface area contributed by atoms with Crippen LogP contribution in [0.15, 0.2) is 29.1 Å². The summed E-state index contributed by atoms with van der Waals surface area (Å²) in [5, 5.41) is 0.699. The van der Waals surface area contributed by atoms with Crippen LogP contribution >= 0.6 is 22.9 Å². The molecule has 0 bridgehead atoms. The number of carbonyl (C=O) groups excluding carboxylic acids is 1. The lowest BCUT2D eigenvalue weighted by Gasteiger charge is -2.01. The van der Waals surface area contributed by atoms with E-state index in [2.05, 4.69) is 9.97 Å². The Hall–Kier alpha value is -2.44. The lowest BCUT2D eigenvalue weighted by molar-refractivity contribution is 0.0605. The molecule has 0 saturated heterocycles. The molecule has 0 fully saturated rings. The molecule has 0 atom stereocenters. The number of nitrogens with zero attached hydrogens (tertiary/aromatic N) is 1. The van der Waals surface area contributed by atoms with E-state index in [-0.39, 0.29) is 11.4 Å². The average Bonchev–Trinajstić information content (AvgIpc) is 2.91. The Kier molecular flexibility index (Phi) is 4.74. The molecule has 3 aromatic rings. The van der Waals surface area contributed by atoms with Gasteiger partial charge in [0, 0.05) is 0 Å². The van der Waals surface area contributed by atoms with Gasteiger partial charge in [-0.1, -0.05) is 41.4 Å². The molecule has 128 valence electrons. The lowest BCUT2D eigenvalue weighted by atomic mass is 10.1. The van der Waals surface area contributed by atoms with E-state index >= 15 is 0 Å². The highest BCUT2D eigenvalue weighted by Crippen LogP contribution is 2.29. The average molecular weight is 375 g/mol. The topological polar surface area (TPSA) is 72.0 Å². The second-order valence-corrected chi connectivity index (χ2v) is 6.96. The number of aromatic nitrogens is 2. The normalized spacial score (nSPS) is 11.8. The van der Waals surface area contributed by atoms with Gasteiger partial charge >= 0.3 is 5.97 Å². The summed E-state index contributed by atoms with van der Waals surface area (Å²) in [7, 11) is 1.30. The van der Waals surface area contributed by atoms with E-state index in [0.717, 1.165) is 22.5 Å². The predicted molar refractivity (Wildman–Crippen MR) is 101 cm³/mol. The van der Waals surface area contributed by atoms with Crippen LogP contribution in [0.2, 0.25) is 0 Å². The summed E-state index contributed by atoms with van der Waals surface area (Å²) in [5.41, 5.74) is 2.24. The van der Waals surface area contributed by atoms with Gasteiger partial charge in [-0.15, -0.1) is 11.3 Å². The van der Waals surface area contributed by atoms with Crippen molar-refractivity contribution < 1.29 is 9.53 Å². The number of hydrogen-bond acceptors (Lipinski definition) is 5. The van der Waals surface area contributed by atoms with Gasteiger partial charge in [-0.2, -0.15) is 0 Å². The van der Waals surface area contributed by atoms with E-state index < -0.39 is 5.97 Å². The number of nitrogens with one attached hydrogen (secondary N) is 1.